The van der Waals surface area contributed by atoms with Gasteiger partial charge in [0.15, 0.2) is 0 Å². The van der Waals surface area contributed by atoms with Gasteiger partial charge >= 0.3 is 0 Å². The molecular formula is C31H37Cl2N3O4S. The minimum absolute atomic E-state index is 0.0222. The van der Waals surface area contributed by atoms with Gasteiger partial charge in [-0.3, -0.25) is 13.9 Å². The standard InChI is InChI=1S/C31H37Cl2N3O4S/c1-6-23(5)34-31(38)29(7-2)35(19-24-11-9-8-10-22(24)4)30(37)20-36(25-14-17-27(32)28(33)18-25)41(39,40)26-15-12-21(3)13-16-26/h8-18,23,29H,6-7,19-20H2,1-5H3,(H,34,38)/t23-,29-/m1/s1. The lowest BCUT2D eigenvalue weighted by Crippen LogP contribution is -2.53. The first kappa shape index (κ1) is 32.4. The van der Waals surface area contributed by atoms with E-state index in [0.29, 0.717) is 6.42 Å². The van der Waals surface area contributed by atoms with Crippen molar-refractivity contribution in [2.24, 2.45) is 0 Å². The van der Waals surface area contributed by atoms with Gasteiger partial charge in [0.25, 0.3) is 10.0 Å². The molecule has 0 radical (unpaired) electrons. The van der Waals surface area contributed by atoms with Crippen LogP contribution >= 0.6 is 23.2 Å². The number of halogens is 2. The fourth-order valence-electron chi connectivity index (χ4n) is 4.34. The van der Waals surface area contributed by atoms with Crippen molar-refractivity contribution in [3.8, 4) is 0 Å². The van der Waals surface area contributed by atoms with Crippen LogP contribution in [0.4, 0.5) is 5.69 Å². The van der Waals surface area contributed by atoms with Crippen LogP contribution in [0.1, 0.15) is 50.3 Å². The number of nitrogens with zero attached hydrogens (tertiary/aromatic N) is 2. The summed E-state index contributed by atoms with van der Waals surface area (Å²) in [5.74, 6) is -0.813. The second-order valence-corrected chi connectivity index (χ2v) is 12.8. The molecule has 220 valence electrons. The van der Waals surface area contributed by atoms with Gasteiger partial charge in [-0.25, -0.2) is 8.42 Å². The van der Waals surface area contributed by atoms with Crippen LogP contribution in [-0.4, -0.2) is 43.8 Å². The van der Waals surface area contributed by atoms with Gasteiger partial charge in [-0.1, -0.05) is 79.0 Å². The van der Waals surface area contributed by atoms with E-state index in [0.717, 1.165) is 27.4 Å². The summed E-state index contributed by atoms with van der Waals surface area (Å²) in [6.45, 7) is 9.08. The lowest BCUT2D eigenvalue weighted by molar-refractivity contribution is -0.140. The maximum absolute atomic E-state index is 14.2. The zero-order valence-electron chi connectivity index (χ0n) is 24.0. The third-order valence-electron chi connectivity index (χ3n) is 7.07. The topological polar surface area (TPSA) is 86.8 Å². The van der Waals surface area contributed by atoms with E-state index >= 15 is 0 Å². The van der Waals surface area contributed by atoms with Gasteiger partial charge in [-0.15, -0.1) is 0 Å². The highest BCUT2D eigenvalue weighted by Gasteiger charge is 2.34. The maximum atomic E-state index is 14.2. The summed E-state index contributed by atoms with van der Waals surface area (Å²) in [6, 6.07) is 17.5. The van der Waals surface area contributed by atoms with Crippen LogP contribution in [0.3, 0.4) is 0 Å². The normalized spacial score (nSPS) is 12.9. The molecule has 3 aromatic carbocycles. The van der Waals surface area contributed by atoms with Crippen molar-refractivity contribution in [2.75, 3.05) is 10.8 Å². The van der Waals surface area contributed by atoms with Crippen molar-refractivity contribution in [1.82, 2.24) is 10.2 Å². The smallest absolute Gasteiger partial charge is 0.264 e. The van der Waals surface area contributed by atoms with Crippen LogP contribution in [0.2, 0.25) is 10.0 Å². The molecule has 2 atom stereocenters. The van der Waals surface area contributed by atoms with Crippen LogP contribution in [0.5, 0.6) is 0 Å². The second-order valence-electron chi connectivity index (χ2n) is 10.1. The number of carbonyl (C=O) groups is 2. The van der Waals surface area contributed by atoms with Crippen molar-refractivity contribution < 1.29 is 18.0 Å². The van der Waals surface area contributed by atoms with Crippen LogP contribution in [0.15, 0.2) is 71.6 Å². The fourth-order valence-corrected chi connectivity index (χ4v) is 6.04. The number of hydrogen-bond donors (Lipinski definition) is 1. The summed E-state index contributed by atoms with van der Waals surface area (Å²) in [7, 11) is -4.20. The molecule has 0 heterocycles. The Hall–Kier alpha value is -3.07. The number of rotatable bonds is 12. The number of hydrogen-bond acceptors (Lipinski definition) is 4. The Morgan fingerprint density at radius 1 is 0.902 bits per heavy atom. The quantitative estimate of drug-likeness (QED) is 0.250. The zero-order chi connectivity index (χ0) is 30.3. The zero-order valence-corrected chi connectivity index (χ0v) is 26.4. The first-order chi connectivity index (χ1) is 19.4. The molecule has 3 rings (SSSR count). The number of aryl methyl sites for hydroxylation is 2. The summed E-state index contributed by atoms with van der Waals surface area (Å²) in [6.07, 6.45) is 1.07. The lowest BCUT2D eigenvalue weighted by atomic mass is 10.1. The highest BCUT2D eigenvalue weighted by Crippen LogP contribution is 2.31. The molecule has 1 N–H and O–H groups in total. The van der Waals surface area contributed by atoms with Crippen molar-refractivity contribution in [3.63, 3.8) is 0 Å². The number of sulfonamides is 1. The Bertz CT molecular complexity index is 1480. The fraction of sp³-hybridized carbons (Fsp3) is 0.355. The summed E-state index contributed by atoms with van der Waals surface area (Å²) in [4.78, 5) is 29.0. The monoisotopic (exact) mass is 617 g/mol. The molecule has 10 heteroatoms. The SMILES string of the molecule is CC[C@@H](C)NC(=O)[C@@H](CC)N(Cc1ccccc1C)C(=O)CN(c1ccc(Cl)c(Cl)c1)S(=O)(=O)c1ccc(C)cc1. The molecule has 0 saturated heterocycles. The highest BCUT2D eigenvalue weighted by molar-refractivity contribution is 7.92. The van der Waals surface area contributed by atoms with Crippen LogP contribution < -0.4 is 9.62 Å². The second kappa shape index (κ2) is 14.2. The maximum Gasteiger partial charge on any atom is 0.264 e. The van der Waals surface area contributed by atoms with Gasteiger partial charge < -0.3 is 10.2 Å². The molecule has 0 aliphatic rings. The molecule has 0 aliphatic heterocycles. The van der Waals surface area contributed by atoms with E-state index in [4.69, 9.17) is 23.2 Å². The average molecular weight is 619 g/mol. The Labute approximate surface area is 253 Å². The Morgan fingerprint density at radius 3 is 2.15 bits per heavy atom. The molecular weight excluding hydrogens is 581 g/mol. The van der Waals surface area contributed by atoms with Crippen LogP contribution in [0, 0.1) is 13.8 Å². The third kappa shape index (κ3) is 8.03. The minimum atomic E-state index is -4.20. The van der Waals surface area contributed by atoms with E-state index in [1.807, 2.05) is 58.9 Å². The predicted molar refractivity (Wildman–Crippen MR) is 166 cm³/mol. The molecule has 41 heavy (non-hydrogen) atoms. The summed E-state index contributed by atoms with van der Waals surface area (Å²) in [5, 5.41) is 3.38. The van der Waals surface area contributed by atoms with E-state index in [1.165, 1.54) is 35.2 Å². The van der Waals surface area contributed by atoms with Crippen LogP contribution in [-0.2, 0) is 26.2 Å². The molecule has 0 aromatic heterocycles. The molecule has 0 aliphatic carbocycles. The van der Waals surface area contributed by atoms with Crippen LogP contribution in [0.25, 0.3) is 0 Å². The first-order valence-corrected chi connectivity index (χ1v) is 15.8. The van der Waals surface area contributed by atoms with Gasteiger partial charge in [0.2, 0.25) is 11.8 Å². The first-order valence-electron chi connectivity index (χ1n) is 13.6. The molecule has 0 unspecified atom stereocenters. The van der Waals surface area contributed by atoms with E-state index in [9.17, 15) is 18.0 Å². The Balaban J connectivity index is 2.10. The average Bonchev–Trinajstić information content (AvgIpc) is 2.94. The summed E-state index contributed by atoms with van der Waals surface area (Å²) in [5.41, 5.74) is 2.89. The van der Waals surface area contributed by atoms with Gasteiger partial charge in [0.05, 0.1) is 20.6 Å². The van der Waals surface area contributed by atoms with Crippen molar-refractivity contribution in [2.45, 2.75) is 71.0 Å². The number of benzene rings is 3. The molecule has 0 spiro atoms. The van der Waals surface area contributed by atoms with E-state index in [1.54, 1.807) is 12.1 Å². The lowest BCUT2D eigenvalue weighted by Gasteiger charge is -2.34. The predicted octanol–water partition coefficient (Wildman–Crippen LogP) is 6.53. The van der Waals surface area contributed by atoms with E-state index in [2.05, 4.69) is 5.32 Å². The van der Waals surface area contributed by atoms with Crippen molar-refractivity contribution >= 4 is 50.7 Å². The number of carbonyl (C=O) groups excluding carboxylic acids is 2. The molecule has 7 nitrogen and oxygen atoms in total. The minimum Gasteiger partial charge on any atom is -0.352 e. The molecule has 0 fully saturated rings. The largest absolute Gasteiger partial charge is 0.352 e. The Morgan fingerprint density at radius 2 is 1.56 bits per heavy atom. The number of anilines is 1. The van der Waals surface area contributed by atoms with Gasteiger partial charge in [0.1, 0.15) is 12.6 Å². The summed E-state index contributed by atoms with van der Waals surface area (Å²) >= 11 is 12.4. The molecule has 3 aromatic rings. The highest BCUT2D eigenvalue weighted by atomic mass is 35.5. The molecule has 0 saturated carbocycles. The van der Waals surface area contributed by atoms with E-state index < -0.39 is 28.5 Å². The van der Waals surface area contributed by atoms with Crippen molar-refractivity contribution in [1.29, 1.82) is 0 Å². The van der Waals surface area contributed by atoms with E-state index in [-0.39, 0.29) is 39.1 Å². The Kier molecular flexibility index (Phi) is 11.2. The molecule has 2 amide bonds. The third-order valence-corrected chi connectivity index (χ3v) is 9.60. The number of nitrogens with one attached hydrogen (secondary N) is 1. The summed E-state index contributed by atoms with van der Waals surface area (Å²) < 4.78 is 29.0. The molecule has 0 bridgehead atoms. The van der Waals surface area contributed by atoms with Gasteiger partial charge in [-0.05, 0) is 75.1 Å². The number of amides is 2. The van der Waals surface area contributed by atoms with Gasteiger partial charge in [-0.2, -0.15) is 0 Å². The van der Waals surface area contributed by atoms with Gasteiger partial charge in [0, 0.05) is 12.6 Å². The van der Waals surface area contributed by atoms with Crippen molar-refractivity contribution in [3.05, 3.63) is 93.5 Å².